The normalized spacial score (nSPS) is 12.8. The van der Waals surface area contributed by atoms with Gasteiger partial charge in [0.1, 0.15) is 0 Å². The van der Waals surface area contributed by atoms with Crippen molar-refractivity contribution in [2.24, 2.45) is 0 Å². The highest BCUT2D eigenvalue weighted by atomic mass is 32.2. The third-order valence-electron chi connectivity index (χ3n) is 4.93. The Hall–Kier alpha value is -2.49. The molecule has 0 aromatic heterocycles. The minimum Gasteiger partial charge on any atom is -0.494 e. The molecule has 1 amide bonds. The predicted octanol–water partition coefficient (Wildman–Crippen LogP) is 2.85. The Balaban J connectivity index is 2.14. The number of benzene rings is 2. The molecule has 30 heavy (non-hydrogen) atoms. The van der Waals surface area contributed by atoms with Crippen molar-refractivity contribution in [3.63, 3.8) is 0 Å². The number of aryl methyl sites for hydroxylation is 1. The average molecular weight is 438 g/mol. The number of nitrogens with zero attached hydrogens (tertiary/aromatic N) is 2. The fourth-order valence-corrected chi connectivity index (χ4v) is 3.71. The average Bonchev–Trinajstić information content (AvgIpc) is 2.68. The summed E-state index contributed by atoms with van der Waals surface area (Å²) in [6, 6.07) is 8.73. The maximum absolute atomic E-state index is 13.9. The maximum atomic E-state index is 13.9. The smallest absolute Gasteiger partial charge is 0.242 e. The largest absolute Gasteiger partial charge is 0.494 e. The van der Waals surface area contributed by atoms with Gasteiger partial charge in [-0.25, -0.2) is 17.1 Å². The van der Waals surface area contributed by atoms with Crippen LogP contribution in [0, 0.1) is 12.7 Å². The van der Waals surface area contributed by atoms with E-state index in [9.17, 15) is 17.6 Å². The first-order chi connectivity index (χ1) is 14.0. The van der Waals surface area contributed by atoms with Crippen LogP contribution in [0.2, 0.25) is 0 Å². The van der Waals surface area contributed by atoms with Crippen LogP contribution < -0.4 is 10.1 Å². The van der Waals surface area contributed by atoms with Gasteiger partial charge in [-0.15, -0.1) is 0 Å². The fourth-order valence-electron chi connectivity index (χ4n) is 2.78. The Morgan fingerprint density at radius 2 is 1.83 bits per heavy atom. The topological polar surface area (TPSA) is 79.0 Å². The number of anilines is 1. The van der Waals surface area contributed by atoms with E-state index in [4.69, 9.17) is 4.74 Å². The lowest BCUT2D eigenvalue weighted by Gasteiger charge is -2.24. The van der Waals surface area contributed by atoms with Crippen molar-refractivity contribution in [2.45, 2.75) is 31.3 Å². The van der Waals surface area contributed by atoms with E-state index in [1.54, 1.807) is 44.0 Å². The summed E-state index contributed by atoms with van der Waals surface area (Å²) in [6.45, 7) is 3.87. The van der Waals surface area contributed by atoms with Gasteiger partial charge in [-0.1, -0.05) is 12.1 Å². The second-order valence-corrected chi connectivity index (χ2v) is 9.47. The molecule has 1 atom stereocenters. The minimum atomic E-state index is -3.61. The summed E-state index contributed by atoms with van der Waals surface area (Å²) in [5.41, 5.74) is 1.87. The first-order valence-electron chi connectivity index (χ1n) is 9.34. The van der Waals surface area contributed by atoms with Crippen molar-refractivity contribution in [1.29, 1.82) is 0 Å². The van der Waals surface area contributed by atoms with E-state index >= 15 is 0 Å². The third kappa shape index (κ3) is 5.35. The lowest BCUT2D eigenvalue weighted by atomic mass is 10.1. The number of halogens is 1. The van der Waals surface area contributed by atoms with Crippen LogP contribution in [0.4, 0.5) is 10.1 Å². The molecule has 1 N–H and O–H groups in total. The molecule has 0 saturated carbocycles. The third-order valence-corrected chi connectivity index (χ3v) is 6.75. The number of likely N-dealkylation sites (N-methyl/N-ethyl adjacent to an activating group) is 1. The van der Waals surface area contributed by atoms with Gasteiger partial charge in [-0.2, -0.15) is 0 Å². The quantitative estimate of drug-likeness (QED) is 0.687. The van der Waals surface area contributed by atoms with Crippen molar-refractivity contribution < 1.29 is 22.3 Å². The first kappa shape index (κ1) is 23.8. The van der Waals surface area contributed by atoms with Gasteiger partial charge < -0.3 is 10.1 Å². The Bertz CT molecular complexity index is 1020. The van der Waals surface area contributed by atoms with Gasteiger partial charge in [0.2, 0.25) is 15.9 Å². The van der Waals surface area contributed by atoms with Gasteiger partial charge in [-0.3, -0.25) is 9.69 Å². The molecule has 2 aromatic rings. The molecule has 0 spiro atoms. The van der Waals surface area contributed by atoms with E-state index in [1.807, 2.05) is 0 Å². The van der Waals surface area contributed by atoms with Gasteiger partial charge in [0.05, 0.1) is 18.0 Å². The van der Waals surface area contributed by atoms with E-state index in [2.05, 4.69) is 5.32 Å². The summed E-state index contributed by atoms with van der Waals surface area (Å²) in [6.07, 6.45) is 0. The summed E-state index contributed by atoms with van der Waals surface area (Å²) in [7, 11) is 2.44. The number of amides is 1. The molecule has 0 aliphatic carbocycles. The van der Waals surface area contributed by atoms with Gasteiger partial charge in [0, 0.05) is 26.3 Å². The van der Waals surface area contributed by atoms with Crippen molar-refractivity contribution in [3.8, 4) is 5.75 Å². The van der Waals surface area contributed by atoms with Crippen LogP contribution in [0.3, 0.4) is 0 Å². The minimum absolute atomic E-state index is 0.100. The number of carbonyl (C=O) groups is 1. The maximum Gasteiger partial charge on any atom is 0.242 e. The zero-order chi connectivity index (χ0) is 22.6. The summed E-state index contributed by atoms with van der Waals surface area (Å²) in [4.78, 5) is 14.6. The van der Waals surface area contributed by atoms with Crippen LogP contribution in [-0.2, 0) is 21.4 Å². The van der Waals surface area contributed by atoms with Gasteiger partial charge in [0.15, 0.2) is 11.6 Å². The van der Waals surface area contributed by atoms with Gasteiger partial charge >= 0.3 is 0 Å². The summed E-state index contributed by atoms with van der Waals surface area (Å²) in [5.74, 6) is -0.598. The first-order valence-corrected chi connectivity index (χ1v) is 10.8. The molecule has 2 rings (SSSR count). The summed E-state index contributed by atoms with van der Waals surface area (Å²) >= 11 is 0. The summed E-state index contributed by atoms with van der Waals surface area (Å²) < 4.78 is 44.7. The molecule has 0 aliphatic heterocycles. The van der Waals surface area contributed by atoms with E-state index in [0.717, 1.165) is 9.87 Å². The Morgan fingerprint density at radius 1 is 1.17 bits per heavy atom. The molecule has 1 unspecified atom stereocenters. The van der Waals surface area contributed by atoms with Gasteiger partial charge in [0.25, 0.3) is 0 Å². The highest BCUT2D eigenvalue weighted by molar-refractivity contribution is 7.89. The lowest BCUT2D eigenvalue weighted by molar-refractivity contribution is -0.120. The molecule has 0 radical (unpaired) electrons. The second-order valence-electron chi connectivity index (χ2n) is 7.31. The predicted molar refractivity (Wildman–Crippen MR) is 115 cm³/mol. The van der Waals surface area contributed by atoms with E-state index in [1.165, 1.54) is 39.4 Å². The van der Waals surface area contributed by atoms with Crippen LogP contribution in [0.1, 0.15) is 18.1 Å². The van der Waals surface area contributed by atoms with E-state index < -0.39 is 21.9 Å². The van der Waals surface area contributed by atoms with Crippen molar-refractivity contribution in [3.05, 3.63) is 53.3 Å². The number of nitrogens with one attached hydrogen (secondary N) is 1. The van der Waals surface area contributed by atoms with Crippen LogP contribution in [0.25, 0.3) is 0 Å². The molecule has 0 heterocycles. The molecular formula is C21H28FN3O4S. The van der Waals surface area contributed by atoms with E-state index in [-0.39, 0.29) is 16.6 Å². The monoisotopic (exact) mass is 437 g/mol. The van der Waals surface area contributed by atoms with E-state index in [0.29, 0.717) is 17.8 Å². The number of ether oxygens (including phenoxy) is 1. The Morgan fingerprint density at radius 3 is 2.40 bits per heavy atom. The number of hydrogen-bond donors (Lipinski definition) is 1. The lowest BCUT2D eigenvalue weighted by Crippen LogP contribution is -2.39. The molecule has 0 saturated heterocycles. The second kappa shape index (κ2) is 9.55. The molecule has 7 nitrogen and oxygen atoms in total. The number of sulfonamides is 1. The van der Waals surface area contributed by atoms with Crippen molar-refractivity contribution in [2.75, 3.05) is 33.6 Å². The van der Waals surface area contributed by atoms with Crippen LogP contribution in [-0.4, -0.2) is 57.8 Å². The molecular weight excluding hydrogens is 409 g/mol. The van der Waals surface area contributed by atoms with Crippen LogP contribution in [0.5, 0.6) is 5.75 Å². The number of rotatable bonds is 8. The van der Waals surface area contributed by atoms with Crippen LogP contribution in [0.15, 0.2) is 41.3 Å². The molecule has 0 aliphatic rings. The molecule has 9 heteroatoms. The van der Waals surface area contributed by atoms with Crippen LogP contribution >= 0.6 is 0 Å². The number of carbonyl (C=O) groups excluding carboxylic acids is 1. The molecule has 0 bridgehead atoms. The molecule has 2 aromatic carbocycles. The molecule has 0 fully saturated rings. The van der Waals surface area contributed by atoms with Crippen molar-refractivity contribution in [1.82, 2.24) is 9.21 Å². The Kier molecular flexibility index (Phi) is 7.57. The number of methoxy groups -OCH3 is 1. The zero-order valence-corrected chi connectivity index (χ0v) is 18.9. The van der Waals surface area contributed by atoms with Gasteiger partial charge in [-0.05, 0) is 56.3 Å². The molecule has 164 valence electrons. The standard InChI is InChI=1S/C21H28FN3O4S/c1-14-7-9-17(30(27,28)24(3)4)12-19(14)23-21(26)15(2)25(5)13-16-8-10-20(29-6)18(22)11-16/h7-12,15H,13H2,1-6H3,(H,23,26). The number of hydrogen-bond acceptors (Lipinski definition) is 5. The zero-order valence-electron chi connectivity index (χ0n) is 18.1. The Labute approximate surface area is 177 Å². The fraction of sp³-hybridized carbons (Fsp3) is 0.381. The highest BCUT2D eigenvalue weighted by Gasteiger charge is 2.22. The summed E-state index contributed by atoms with van der Waals surface area (Å²) in [5, 5.41) is 2.80. The van der Waals surface area contributed by atoms with Crippen molar-refractivity contribution >= 4 is 21.6 Å². The SMILES string of the molecule is COc1ccc(CN(C)C(C)C(=O)Nc2cc(S(=O)(=O)N(C)C)ccc2C)cc1F. The highest BCUT2D eigenvalue weighted by Crippen LogP contribution is 2.23.